The van der Waals surface area contributed by atoms with E-state index >= 15 is 0 Å². The number of nitrogens with zero attached hydrogens (tertiary/aromatic N) is 2. The topological polar surface area (TPSA) is 147 Å². The molecule has 3 atom stereocenters. The minimum absolute atomic E-state index is 0.00267. The van der Waals surface area contributed by atoms with Gasteiger partial charge in [0.25, 0.3) is 11.8 Å². The molecule has 2 heterocycles. The molecule has 39 heavy (non-hydrogen) atoms. The second-order valence-electron chi connectivity index (χ2n) is 10.6. The molecule has 4 rings (SSSR count). The maximum absolute atomic E-state index is 13.7. The van der Waals surface area contributed by atoms with E-state index in [9.17, 15) is 27.6 Å². The van der Waals surface area contributed by atoms with E-state index in [1.165, 1.54) is 28.0 Å². The number of benzene rings is 2. The lowest BCUT2D eigenvalue weighted by molar-refractivity contribution is -0.138. The van der Waals surface area contributed by atoms with Crippen LogP contribution in [0.1, 0.15) is 53.0 Å². The SMILES string of the molecule is CC(C)C[C@H](NC(=O)c1cccc(CN)c1)C(=O)N1CC[C@@H]2[C@H]1C(=O)CN2C(=O)c1ccccc1S(C)(=O)=O. The van der Waals surface area contributed by atoms with Gasteiger partial charge in [-0.1, -0.05) is 38.1 Å². The van der Waals surface area contributed by atoms with Crippen molar-refractivity contribution in [1.82, 2.24) is 15.1 Å². The van der Waals surface area contributed by atoms with E-state index in [-0.39, 0.29) is 47.7 Å². The minimum Gasteiger partial charge on any atom is -0.340 e. The zero-order valence-electron chi connectivity index (χ0n) is 22.3. The van der Waals surface area contributed by atoms with E-state index in [0.717, 1.165) is 11.8 Å². The zero-order valence-corrected chi connectivity index (χ0v) is 23.1. The molecule has 0 aromatic heterocycles. The number of amides is 3. The van der Waals surface area contributed by atoms with E-state index in [2.05, 4.69) is 5.32 Å². The number of Topliss-reactive ketones (excluding diaryl/α,β-unsaturated/α-hetero) is 1. The Morgan fingerprint density at radius 1 is 1.08 bits per heavy atom. The molecule has 0 radical (unpaired) electrons. The van der Waals surface area contributed by atoms with Gasteiger partial charge in [-0.2, -0.15) is 0 Å². The highest BCUT2D eigenvalue weighted by atomic mass is 32.2. The summed E-state index contributed by atoms with van der Waals surface area (Å²) >= 11 is 0. The number of likely N-dealkylation sites (tertiary alicyclic amines) is 2. The number of carbonyl (C=O) groups is 4. The molecule has 3 amide bonds. The normalized spacial score (nSPS) is 19.8. The Bertz CT molecular complexity index is 1410. The molecule has 2 aromatic carbocycles. The van der Waals surface area contributed by atoms with E-state index in [4.69, 9.17) is 5.73 Å². The molecule has 0 bridgehead atoms. The van der Waals surface area contributed by atoms with Crippen LogP contribution in [-0.4, -0.2) is 79.2 Å². The van der Waals surface area contributed by atoms with Crippen molar-refractivity contribution in [2.75, 3.05) is 19.3 Å². The van der Waals surface area contributed by atoms with Crippen molar-refractivity contribution < 1.29 is 27.6 Å². The Morgan fingerprint density at radius 2 is 1.79 bits per heavy atom. The highest BCUT2D eigenvalue weighted by molar-refractivity contribution is 7.90. The molecular weight excluding hydrogens is 520 g/mol. The van der Waals surface area contributed by atoms with E-state index < -0.39 is 39.8 Å². The second kappa shape index (κ2) is 11.3. The molecule has 2 aliphatic heterocycles. The lowest BCUT2D eigenvalue weighted by Crippen LogP contribution is -2.53. The average molecular weight is 555 g/mol. The number of sulfone groups is 1. The van der Waals surface area contributed by atoms with Gasteiger partial charge in [-0.3, -0.25) is 19.2 Å². The fourth-order valence-corrected chi connectivity index (χ4v) is 6.32. The van der Waals surface area contributed by atoms with Gasteiger partial charge in [-0.15, -0.1) is 0 Å². The monoisotopic (exact) mass is 554 g/mol. The van der Waals surface area contributed by atoms with Crippen LogP contribution in [0.15, 0.2) is 53.4 Å². The summed E-state index contributed by atoms with van der Waals surface area (Å²) in [6, 6.07) is 10.5. The number of hydrogen-bond acceptors (Lipinski definition) is 7. The van der Waals surface area contributed by atoms with Crippen molar-refractivity contribution in [3.05, 3.63) is 65.2 Å². The first-order valence-corrected chi connectivity index (χ1v) is 14.8. The van der Waals surface area contributed by atoms with Crippen molar-refractivity contribution >= 4 is 33.3 Å². The van der Waals surface area contributed by atoms with Crippen LogP contribution >= 0.6 is 0 Å². The maximum atomic E-state index is 13.7. The van der Waals surface area contributed by atoms with Gasteiger partial charge in [0.05, 0.1) is 23.0 Å². The average Bonchev–Trinajstić information content (AvgIpc) is 3.48. The van der Waals surface area contributed by atoms with Gasteiger partial charge in [0.2, 0.25) is 5.91 Å². The Balaban J connectivity index is 1.55. The molecule has 0 saturated carbocycles. The van der Waals surface area contributed by atoms with Crippen molar-refractivity contribution in [3.63, 3.8) is 0 Å². The van der Waals surface area contributed by atoms with Crippen molar-refractivity contribution in [3.8, 4) is 0 Å². The Hall–Kier alpha value is -3.57. The maximum Gasteiger partial charge on any atom is 0.255 e. The summed E-state index contributed by atoms with van der Waals surface area (Å²) in [4.78, 5) is 56.1. The highest BCUT2D eigenvalue weighted by Gasteiger charge is 2.52. The molecule has 3 N–H and O–H groups in total. The largest absolute Gasteiger partial charge is 0.340 e. The van der Waals surface area contributed by atoms with Gasteiger partial charge >= 0.3 is 0 Å². The van der Waals surface area contributed by atoms with Crippen molar-refractivity contribution in [2.45, 2.75) is 56.3 Å². The standard InChI is InChI=1S/C28H34N4O6S/c1-17(2)13-21(30-26(34)19-8-6-7-18(14-19)15-29)28(36)31-12-11-22-25(31)23(33)16-32(22)27(35)20-9-4-5-10-24(20)39(3,37)38/h4-10,14,17,21-22,25H,11-13,15-16,29H2,1-3H3,(H,30,34)/t21-,22+,25-/m0/s1. The Labute approximate surface area is 228 Å². The van der Waals surface area contributed by atoms with E-state index in [1.807, 2.05) is 19.9 Å². The fourth-order valence-electron chi connectivity index (χ4n) is 5.43. The first-order valence-electron chi connectivity index (χ1n) is 13.0. The van der Waals surface area contributed by atoms with Crippen LogP contribution in [0.5, 0.6) is 0 Å². The number of carbonyl (C=O) groups excluding carboxylic acids is 4. The van der Waals surface area contributed by atoms with Crippen LogP contribution in [0.25, 0.3) is 0 Å². The van der Waals surface area contributed by atoms with Crippen molar-refractivity contribution in [2.24, 2.45) is 11.7 Å². The predicted octanol–water partition coefficient (Wildman–Crippen LogP) is 1.39. The molecule has 0 spiro atoms. The Morgan fingerprint density at radius 3 is 2.46 bits per heavy atom. The second-order valence-corrected chi connectivity index (χ2v) is 12.5. The number of nitrogens with two attached hydrogens (primary N) is 1. The summed E-state index contributed by atoms with van der Waals surface area (Å²) < 4.78 is 24.5. The lowest BCUT2D eigenvalue weighted by atomic mass is 10.0. The van der Waals surface area contributed by atoms with Gasteiger partial charge in [0.15, 0.2) is 15.6 Å². The van der Waals surface area contributed by atoms with Gasteiger partial charge in [-0.05, 0) is 48.6 Å². The number of fused-ring (bicyclic) bond motifs is 1. The quantitative estimate of drug-likeness (QED) is 0.501. The predicted molar refractivity (Wildman–Crippen MR) is 145 cm³/mol. The number of ketones is 1. The molecule has 208 valence electrons. The summed E-state index contributed by atoms with van der Waals surface area (Å²) in [5.74, 6) is -1.55. The molecule has 2 saturated heterocycles. The Kier molecular flexibility index (Phi) is 8.22. The molecule has 2 aliphatic rings. The molecule has 10 nitrogen and oxygen atoms in total. The first-order chi connectivity index (χ1) is 18.4. The van der Waals surface area contributed by atoms with Crippen LogP contribution in [0.2, 0.25) is 0 Å². The summed E-state index contributed by atoms with van der Waals surface area (Å²) in [6.45, 7) is 4.18. The van der Waals surface area contributed by atoms with E-state index in [0.29, 0.717) is 18.4 Å². The fraction of sp³-hybridized carbons (Fsp3) is 0.429. The third-order valence-corrected chi connectivity index (χ3v) is 8.37. The summed E-state index contributed by atoms with van der Waals surface area (Å²) in [5.41, 5.74) is 6.87. The van der Waals surface area contributed by atoms with Crippen molar-refractivity contribution in [1.29, 1.82) is 0 Å². The lowest BCUT2D eigenvalue weighted by Gasteiger charge is -2.29. The van der Waals surface area contributed by atoms with Crippen LogP contribution in [-0.2, 0) is 26.0 Å². The van der Waals surface area contributed by atoms with Gasteiger partial charge < -0.3 is 20.9 Å². The molecule has 0 unspecified atom stereocenters. The number of nitrogens with one attached hydrogen (secondary N) is 1. The highest BCUT2D eigenvalue weighted by Crippen LogP contribution is 2.32. The summed E-state index contributed by atoms with van der Waals surface area (Å²) in [5, 5.41) is 2.84. The number of rotatable bonds is 8. The van der Waals surface area contributed by atoms with Crippen LogP contribution in [0.3, 0.4) is 0 Å². The van der Waals surface area contributed by atoms with Gasteiger partial charge in [0, 0.05) is 24.9 Å². The molecule has 2 aromatic rings. The molecule has 0 aliphatic carbocycles. The third-order valence-electron chi connectivity index (χ3n) is 7.22. The van der Waals surface area contributed by atoms with Gasteiger partial charge in [0.1, 0.15) is 12.1 Å². The smallest absolute Gasteiger partial charge is 0.255 e. The van der Waals surface area contributed by atoms with Gasteiger partial charge in [-0.25, -0.2) is 8.42 Å². The van der Waals surface area contributed by atoms with E-state index in [1.54, 1.807) is 24.3 Å². The molecule has 2 fully saturated rings. The van der Waals surface area contributed by atoms with Crippen LogP contribution < -0.4 is 11.1 Å². The summed E-state index contributed by atoms with van der Waals surface area (Å²) in [7, 11) is -3.67. The first kappa shape index (κ1) is 28.4. The molecular formula is C28H34N4O6S. The number of hydrogen-bond donors (Lipinski definition) is 2. The van der Waals surface area contributed by atoms with Crippen LogP contribution in [0, 0.1) is 5.92 Å². The molecule has 11 heteroatoms. The summed E-state index contributed by atoms with van der Waals surface area (Å²) in [6.07, 6.45) is 1.77. The van der Waals surface area contributed by atoms with Crippen LogP contribution in [0.4, 0.5) is 0 Å². The zero-order chi connectivity index (χ0) is 28.5. The third kappa shape index (κ3) is 5.89. The minimum atomic E-state index is -3.67.